The molecule has 1 fully saturated rings. The molecule has 0 N–H and O–H groups in total. The molecule has 0 spiro atoms. The minimum atomic E-state index is -0.459. The standard InChI is InChI=1S/C17H18FN5/c1-22(12-17-20-7-3-8-21-17)13-6-9-23(11-13)16-5-2-4-15(18)14(16)10-19/h2-5,7-8,13H,6,9,11-12H2,1H3/t13-/m1/s1. The molecule has 5 nitrogen and oxygen atoms in total. The second kappa shape index (κ2) is 6.71. The van der Waals surface area contributed by atoms with Crippen molar-refractivity contribution in [3.05, 3.63) is 53.9 Å². The van der Waals surface area contributed by atoms with E-state index in [1.807, 2.05) is 19.2 Å². The number of nitriles is 1. The predicted octanol–water partition coefficient (Wildman–Crippen LogP) is 2.20. The minimum absolute atomic E-state index is 0.127. The van der Waals surface area contributed by atoms with E-state index in [1.54, 1.807) is 24.5 Å². The van der Waals surface area contributed by atoms with Crippen molar-refractivity contribution < 1.29 is 4.39 Å². The summed E-state index contributed by atoms with van der Waals surface area (Å²) in [6.07, 6.45) is 4.44. The van der Waals surface area contributed by atoms with Gasteiger partial charge in [0.25, 0.3) is 0 Å². The van der Waals surface area contributed by atoms with Gasteiger partial charge in [-0.15, -0.1) is 0 Å². The highest BCUT2D eigenvalue weighted by Gasteiger charge is 2.28. The number of hydrogen-bond acceptors (Lipinski definition) is 5. The highest BCUT2D eigenvalue weighted by molar-refractivity contribution is 5.60. The molecule has 1 aromatic carbocycles. The quantitative estimate of drug-likeness (QED) is 0.866. The van der Waals surface area contributed by atoms with Crippen molar-refractivity contribution in [1.82, 2.24) is 14.9 Å². The first kappa shape index (κ1) is 15.4. The Morgan fingerprint density at radius 2 is 2.13 bits per heavy atom. The van der Waals surface area contributed by atoms with E-state index in [0.717, 1.165) is 25.3 Å². The zero-order valence-electron chi connectivity index (χ0n) is 13.0. The van der Waals surface area contributed by atoms with E-state index in [2.05, 4.69) is 19.8 Å². The molecule has 2 aromatic rings. The summed E-state index contributed by atoms with van der Waals surface area (Å²) >= 11 is 0. The third kappa shape index (κ3) is 3.30. The fraction of sp³-hybridized carbons (Fsp3) is 0.353. The van der Waals surface area contributed by atoms with Crippen LogP contribution in [0, 0.1) is 17.1 Å². The highest BCUT2D eigenvalue weighted by atomic mass is 19.1. The summed E-state index contributed by atoms with van der Waals surface area (Å²) in [6.45, 7) is 2.25. The normalized spacial score (nSPS) is 17.5. The van der Waals surface area contributed by atoms with E-state index in [-0.39, 0.29) is 5.56 Å². The number of nitrogens with zero attached hydrogens (tertiary/aromatic N) is 5. The summed E-state index contributed by atoms with van der Waals surface area (Å²) in [4.78, 5) is 12.8. The maximum Gasteiger partial charge on any atom is 0.143 e. The van der Waals surface area contributed by atoms with Gasteiger partial charge in [-0.3, -0.25) is 4.90 Å². The summed E-state index contributed by atoms with van der Waals surface area (Å²) in [5.74, 6) is 0.330. The number of rotatable bonds is 4. The number of aromatic nitrogens is 2. The molecule has 1 aliphatic heterocycles. The van der Waals surface area contributed by atoms with Crippen LogP contribution in [0.2, 0.25) is 0 Å². The van der Waals surface area contributed by atoms with Crippen LogP contribution in [0.1, 0.15) is 17.8 Å². The number of hydrogen-bond donors (Lipinski definition) is 0. The molecule has 6 heteroatoms. The zero-order valence-corrected chi connectivity index (χ0v) is 13.0. The van der Waals surface area contributed by atoms with Crippen molar-refractivity contribution in [1.29, 1.82) is 5.26 Å². The van der Waals surface area contributed by atoms with Crippen molar-refractivity contribution in [2.45, 2.75) is 19.0 Å². The molecular formula is C17H18FN5. The number of likely N-dealkylation sites (N-methyl/N-ethyl adjacent to an activating group) is 1. The van der Waals surface area contributed by atoms with Crippen LogP contribution in [0.4, 0.5) is 10.1 Å². The summed E-state index contributed by atoms with van der Waals surface area (Å²) in [6, 6.07) is 8.89. The molecule has 2 heterocycles. The third-order valence-corrected chi connectivity index (χ3v) is 4.24. The largest absolute Gasteiger partial charge is 0.369 e. The lowest BCUT2D eigenvalue weighted by atomic mass is 10.1. The van der Waals surface area contributed by atoms with E-state index in [1.165, 1.54) is 6.07 Å². The van der Waals surface area contributed by atoms with Gasteiger partial charge in [-0.1, -0.05) is 6.07 Å². The average molecular weight is 311 g/mol. The predicted molar refractivity (Wildman–Crippen MR) is 85.2 cm³/mol. The Morgan fingerprint density at radius 3 is 2.87 bits per heavy atom. The molecule has 0 aliphatic carbocycles. The van der Waals surface area contributed by atoms with Crippen LogP contribution in [-0.4, -0.2) is 41.0 Å². The van der Waals surface area contributed by atoms with Crippen LogP contribution < -0.4 is 4.90 Å². The Kier molecular flexibility index (Phi) is 4.49. The Balaban J connectivity index is 1.69. The maximum atomic E-state index is 13.8. The SMILES string of the molecule is CN(Cc1ncccn1)[C@@H]1CCN(c2cccc(F)c2C#N)C1. The van der Waals surface area contributed by atoms with Gasteiger partial charge in [0.2, 0.25) is 0 Å². The van der Waals surface area contributed by atoms with E-state index < -0.39 is 5.82 Å². The van der Waals surface area contributed by atoms with Gasteiger partial charge in [-0.2, -0.15) is 5.26 Å². The summed E-state index contributed by atoms with van der Waals surface area (Å²) in [5.41, 5.74) is 0.807. The number of benzene rings is 1. The smallest absolute Gasteiger partial charge is 0.143 e. The molecule has 0 amide bonds. The van der Waals surface area contributed by atoms with Crippen molar-refractivity contribution in [2.75, 3.05) is 25.0 Å². The molecule has 0 bridgehead atoms. The van der Waals surface area contributed by atoms with E-state index in [0.29, 0.717) is 18.3 Å². The molecule has 0 unspecified atom stereocenters. The molecule has 118 valence electrons. The van der Waals surface area contributed by atoms with Crippen LogP contribution >= 0.6 is 0 Å². The molecule has 1 atom stereocenters. The van der Waals surface area contributed by atoms with Gasteiger partial charge in [-0.05, 0) is 31.7 Å². The molecule has 0 saturated carbocycles. The van der Waals surface area contributed by atoms with Crippen LogP contribution in [0.5, 0.6) is 0 Å². The Hall–Kier alpha value is -2.52. The summed E-state index contributed by atoms with van der Waals surface area (Å²) in [5, 5.41) is 9.19. The molecule has 0 radical (unpaired) electrons. The van der Waals surface area contributed by atoms with Gasteiger partial charge < -0.3 is 4.90 Å². The monoisotopic (exact) mass is 311 g/mol. The van der Waals surface area contributed by atoms with Gasteiger partial charge >= 0.3 is 0 Å². The zero-order chi connectivity index (χ0) is 16.2. The lowest BCUT2D eigenvalue weighted by molar-refractivity contribution is 0.244. The average Bonchev–Trinajstić information content (AvgIpc) is 3.05. The van der Waals surface area contributed by atoms with Crippen molar-refractivity contribution >= 4 is 5.69 Å². The fourth-order valence-electron chi connectivity index (χ4n) is 2.97. The molecular weight excluding hydrogens is 293 g/mol. The number of anilines is 1. The minimum Gasteiger partial charge on any atom is -0.369 e. The van der Waals surface area contributed by atoms with Crippen LogP contribution in [-0.2, 0) is 6.54 Å². The van der Waals surface area contributed by atoms with Crippen molar-refractivity contribution in [3.8, 4) is 6.07 Å². The topological polar surface area (TPSA) is 56.1 Å². The molecule has 1 saturated heterocycles. The first-order valence-corrected chi connectivity index (χ1v) is 7.58. The van der Waals surface area contributed by atoms with Crippen LogP contribution in [0.3, 0.4) is 0 Å². The van der Waals surface area contributed by atoms with E-state index in [9.17, 15) is 9.65 Å². The maximum absolute atomic E-state index is 13.8. The summed E-state index contributed by atoms with van der Waals surface area (Å²) in [7, 11) is 2.04. The number of halogens is 1. The first-order chi connectivity index (χ1) is 11.2. The summed E-state index contributed by atoms with van der Waals surface area (Å²) < 4.78 is 13.8. The molecule has 3 rings (SSSR count). The second-order valence-corrected chi connectivity index (χ2v) is 5.71. The van der Waals surface area contributed by atoms with Crippen molar-refractivity contribution in [3.63, 3.8) is 0 Å². The third-order valence-electron chi connectivity index (χ3n) is 4.24. The Morgan fingerprint density at radius 1 is 1.35 bits per heavy atom. The van der Waals surface area contributed by atoms with E-state index in [4.69, 9.17) is 0 Å². The van der Waals surface area contributed by atoms with Gasteiger partial charge in [0, 0.05) is 31.5 Å². The van der Waals surface area contributed by atoms with Crippen LogP contribution in [0.25, 0.3) is 0 Å². The Bertz CT molecular complexity index is 713. The molecule has 1 aliphatic rings. The second-order valence-electron chi connectivity index (χ2n) is 5.71. The fourth-order valence-corrected chi connectivity index (χ4v) is 2.97. The van der Waals surface area contributed by atoms with Gasteiger partial charge in [0.05, 0.1) is 12.2 Å². The van der Waals surface area contributed by atoms with Gasteiger partial charge in [0.1, 0.15) is 23.3 Å². The van der Waals surface area contributed by atoms with Crippen LogP contribution in [0.15, 0.2) is 36.7 Å². The van der Waals surface area contributed by atoms with Crippen molar-refractivity contribution in [2.24, 2.45) is 0 Å². The lowest BCUT2D eigenvalue weighted by Gasteiger charge is -2.25. The highest BCUT2D eigenvalue weighted by Crippen LogP contribution is 2.27. The molecule has 23 heavy (non-hydrogen) atoms. The first-order valence-electron chi connectivity index (χ1n) is 7.58. The molecule has 1 aromatic heterocycles. The van der Waals surface area contributed by atoms with Gasteiger partial charge in [-0.25, -0.2) is 14.4 Å². The van der Waals surface area contributed by atoms with Gasteiger partial charge in [0.15, 0.2) is 0 Å². The Labute approximate surface area is 135 Å². The van der Waals surface area contributed by atoms with E-state index >= 15 is 0 Å². The lowest BCUT2D eigenvalue weighted by Crippen LogP contribution is -2.34.